The summed E-state index contributed by atoms with van der Waals surface area (Å²) in [5, 5.41) is 0. The molecule has 0 aliphatic heterocycles. The first-order valence-electron chi connectivity index (χ1n) is 11.8. The molecule has 0 bridgehead atoms. The fourth-order valence-electron chi connectivity index (χ4n) is 4.31. The summed E-state index contributed by atoms with van der Waals surface area (Å²) in [6.45, 7) is 0. The molecule has 4 rings (SSSR count). The Labute approximate surface area is 222 Å². The molecule has 186 valence electrons. The molecule has 0 heterocycles. The van der Waals surface area contributed by atoms with Gasteiger partial charge in [0.05, 0.1) is 31.8 Å². The van der Waals surface area contributed by atoms with Gasteiger partial charge >= 0.3 is 0 Å². The molecule has 0 N–H and O–H groups in total. The fraction of sp³-hybridized carbons (Fsp3) is 0.156. The molecule has 0 spiro atoms. The third-order valence-corrected chi connectivity index (χ3v) is 7.46. The van der Waals surface area contributed by atoms with Crippen LogP contribution in [0.3, 0.4) is 0 Å². The van der Waals surface area contributed by atoms with Crippen molar-refractivity contribution in [1.82, 2.24) is 0 Å². The highest BCUT2D eigenvalue weighted by Crippen LogP contribution is 2.48. The van der Waals surface area contributed by atoms with Crippen LogP contribution >= 0.6 is 11.8 Å². The molecule has 0 fully saturated rings. The number of ether oxygens (including phenoxy) is 3. The number of hydrogen-bond donors (Lipinski definition) is 0. The van der Waals surface area contributed by atoms with E-state index < -0.39 is 4.75 Å². The van der Waals surface area contributed by atoms with Gasteiger partial charge in [0.25, 0.3) is 0 Å². The zero-order chi connectivity index (χ0) is 26.1. The SMILES string of the molecule is COc1cc(C(=O)C#CCSC(c2ccccc2)(c2ccccc2)c2ccccc2)cc(OC)c1OC. The summed E-state index contributed by atoms with van der Waals surface area (Å²) in [5.41, 5.74) is 3.83. The van der Waals surface area contributed by atoms with Crippen LogP contribution in [-0.4, -0.2) is 32.9 Å². The first kappa shape index (κ1) is 25.9. The Kier molecular flexibility index (Phi) is 8.56. The van der Waals surface area contributed by atoms with E-state index in [2.05, 4.69) is 84.6 Å². The average molecular weight is 509 g/mol. The van der Waals surface area contributed by atoms with E-state index in [0.717, 1.165) is 16.7 Å². The van der Waals surface area contributed by atoms with Crippen molar-refractivity contribution >= 4 is 17.5 Å². The van der Waals surface area contributed by atoms with Crippen LogP contribution < -0.4 is 14.2 Å². The molecule has 0 aromatic heterocycles. The van der Waals surface area contributed by atoms with Crippen molar-refractivity contribution in [3.8, 4) is 29.1 Å². The minimum Gasteiger partial charge on any atom is -0.493 e. The zero-order valence-corrected chi connectivity index (χ0v) is 21.9. The normalized spacial score (nSPS) is 10.7. The van der Waals surface area contributed by atoms with Crippen LogP contribution in [0.4, 0.5) is 0 Å². The summed E-state index contributed by atoms with van der Waals surface area (Å²) < 4.78 is 15.6. The smallest absolute Gasteiger partial charge is 0.236 e. The van der Waals surface area contributed by atoms with Gasteiger partial charge in [-0.25, -0.2) is 0 Å². The minimum absolute atomic E-state index is 0.315. The van der Waals surface area contributed by atoms with Gasteiger partial charge in [0, 0.05) is 5.56 Å². The molecule has 0 aliphatic carbocycles. The monoisotopic (exact) mass is 508 g/mol. The Morgan fingerprint density at radius 3 is 1.51 bits per heavy atom. The molecule has 0 saturated heterocycles. The maximum atomic E-state index is 13.0. The topological polar surface area (TPSA) is 44.8 Å². The van der Waals surface area contributed by atoms with E-state index in [1.807, 2.05) is 18.2 Å². The summed E-state index contributed by atoms with van der Waals surface area (Å²) in [6.07, 6.45) is 0. The average Bonchev–Trinajstić information content (AvgIpc) is 2.97. The molecular formula is C32H28O4S. The first-order chi connectivity index (χ1) is 18.1. The standard InChI is InChI=1S/C32H28O4S/c1-34-29-22-24(23-30(35-2)31(29)36-3)28(33)20-13-21-37-32(25-14-7-4-8-15-25,26-16-9-5-10-17-26)27-18-11-6-12-19-27/h4-12,14-19,22-23H,21H2,1-3H3. The predicted molar refractivity (Wildman–Crippen MR) is 150 cm³/mol. The van der Waals surface area contributed by atoms with Crippen LogP contribution in [0.1, 0.15) is 27.0 Å². The van der Waals surface area contributed by atoms with Gasteiger partial charge in [0.1, 0.15) is 0 Å². The highest BCUT2D eigenvalue weighted by molar-refractivity contribution is 8.00. The summed E-state index contributed by atoms with van der Waals surface area (Å²) >= 11 is 1.69. The molecule has 0 unspecified atom stereocenters. The van der Waals surface area contributed by atoms with Gasteiger partial charge in [0.2, 0.25) is 11.5 Å². The van der Waals surface area contributed by atoms with Crippen LogP contribution in [0.25, 0.3) is 0 Å². The molecule has 37 heavy (non-hydrogen) atoms. The minimum atomic E-state index is -0.492. The van der Waals surface area contributed by atoms with E-state index in [1.54, 1.807) is 23.9 Å². The maximum absolute atomic E-state index is 13.0. The van der Waals surface area contributed by atoms with Gasteiger partial charge in [-0.15, -0.1) is 11.8 Å². The highest BCUT2D eigenvalue weighted by atomic mass is 32.2. The number of methoxy groups -OCH3 is 3. The van der Waals surface area contributed by atoms with E-state index in [-0.39, 0.29) is 5.78 Å². The van der Waals surface area contributed by atoms with E-state index in [1.165, 1.54) is 21.3 Å². The quantitative estimate of drug-likeness (QED) is 0.110. The van der Waals surface area contributed by atoms with Gasteiger partial charge in [-0.1, -0.05) is 96.9 Å². The number of carbonyl (C=O) groups is 1. The lowest BCUT2D eigenvalue weighted by Gasteiger charge is -2.35. The number of rotatable bonds is 9. The van der Waals surface area contributed by atoms with E-state index in [9.17, 15) is 4.79 Å². The van der Waals surface area contributed by atoms with Crippen LogP contribution in [0.15, 0.2) is 103 Å². The number of benzene rings is 4. The van der Waals surface area contributed by atoms with Crippen molar-refractivity contribution < 1.29 is 19.0 Å². The van der Waals surface area contributed by atoms with E-state index >= 15 is 0 Å². The Morgan fingerprint density at radius 2 is 1.14 bits per heavy atom. The summed E-state index contributed by atoms with van der Waals surface area (Å²) in [6, 6.07) is 34.4. The Hall–Kier alpha value is -4.14. The Morgan fingerprint density at radius 1 is 0.703 bits per heavy atom. The second-order valence-corrected chi connectivity index (χ2v) is 9.30. The lowest BCUT2D eigenvalue weighted by molar-refractivity contribution is 0.105. The number of Topliss-reactive ketones (excluding diaryl/α,β-unsaturated/α-hetero) is 1. The Bertz CT molecular complexity index is 1270. The second-order valence-electron chi connectivity index (χ2n) is 8.11. The molecule has 0 aliphatic rings. The highest BCUT2D eigenvalue weighted by Gasteiger charge is 2.36. The zero-order valence-electron chi connectivity index (χ0n) is 21.1. The molecule has 4 nitrogen and oxygen atoms in total. The number of thioether (sulfide) groups is 1. The molecule has 0 saturated carbocycles. The second kappa shape index (κ2) is 12.2. The largest absolute Gasteiger partial charge is 0.493 e. The predicted octanol–water partition coefficient (Wildman–Crippen LogP) is 6.62. The maximum Gasteiger partial charge on any atom is 0.236 e. The lowest BCUT2D eigenvalue weighted by atomic mass is 9.84. The summed E-state index contributed by atoms with van der Waals surface area (Å²) in [7, 11) is 4.56. The van der Waals surface area contributed by atoms with Crippen molar-refractivity contribution in [3.05, 3.63) is 125 Å². The Balaban J connectivity index is 1.69. The van der Waals surface area contributed by atoms with Crippen molar-refractivity contribution in [2.45, 2.75) is 4.75 Å². The van der Waals surface area contributed by atoms with E-state index in [4.69, 9.17) is 14.2 Å². The number of hydrogen-bond acceptors (Lipinski definition) is 5. The van der Waals surface area contributed by atoms with Crippen LogP contribution in [-0.2, 0) is 4.75 Å². The van der Waals surface area contributed by atoms with Crippen molar-refractivity contribution in [2.75, 3.05) is 27.1 Å². The lowest BCUT2D eigenvalue weighted by Crippen LogP contribution is -2.26. The van der Waals surface area contributed by atoms with Crippen LogP contribution in [0, 0.1) is 11.8 Å². The molecule has 0 amide bonds. The van der Waals surface area contributed by atoms with E-state index in [0.29, 0.717) is 28.6 Å². The molecule has 0 radical (unpaired) electrons. The van der Waals surface area contributed by atoms with Crippen LogP contribution in [0.5, 0.6) is 17.2 Å². The summed E-state index contributed by atoms with van der Waals surface area (Å²) in [4.78, 5) is 13.0. The molecule has 5 heteroatoms. The van der Waals surface area contributed by atoms with Gasteiger partial charge in [0.15, 0.2) is 11.5 Å². The molecule has 0 atom stereocenters. The third kappa shape index (κ3) is 5.50. The summed E-state index contributed by atoms with van der Waals surface area (Å²) in [5.74, 6) is 7.29. The van der Waals surface area contributed by atoms with Gasteiger partial charge < -0.3 is 14.2 Å². The number of carbonyl (C=O) groups excluding carboxylic acids is 1. The van der Waals surface area contributed by atoms with Crippen LogP contribution in [0.2, 0.25) is 0 Å². The van der Waals surface area contributed by atoms with Crippen molar-refractivity contribution in [3.63, 3.8) is 0 Å². The number of ketones is 1. The third-order valence-electron chi connectivity index (χ3n) is 6.03. The molecule has 4 aromatic carbocycles. The van der Waals surface area contributed by atoms with Crippen molar-refractivity contribution in [2.24, 2.45) is 0 Å². The van der Waals surface area contributed by atoms with Gasteiger partial charge in [-0.05, 0) is 34.7 Å². The van der Waals surface area contributed by atoms with Crippen molar-refractivity contribution in [1.29, 1.82) is 0 Å². The molecule has 4 aromatic rings. The van der Waals surface area contributed by atoms with Gasteiger partial charge in [-0.2, -0.15) is 0 Å². The fourth-order valence-corrected chi connectivity index (χ4v) is 5.58. The molecular weight excluding hydrogens is 480 g/mol. The van der Waals surface area contributed by atoms with Gasteiger partial charge in [-0.3, -0.25) is 4.79 Å². The first-order valence-corrected chi connectivity index (χ1v) is 12.8.